The number of nitrogens with one attached hydrogen (secondary N) is 1. The Hall–Kier alpha value is -3.60. The first-order valence-electron chi connectivity index (χ1n) is 9.81. The molecule has 0 unspecified atom stereocenters. The van der Waals surface area contributed by atoms with Gasteiger partial charge < -0.3 is 14.8 Å². The maximum absolute atomic E-state index is 13.7. The van der Waals surface area contributed by atoms with E-state index >= 15 is 0 Å². The van der Waals surface area contributed by atoms with Crippen LogP contribution in [0.4, 0.5) is 13.2 Å². The maximum atomic E-state index is 13.7. The van der Waals surface area contributed by atoms with Crippen LogP contribution in [0.5, 0.6) is 11.5 Å². The van der Waals surface area contributed by atoms with Gasteiger partial charge in [-0.1, -0.05) is 12.1 Å². The van der Waals surface area contributed by atoms with Gasteiger partial charge in [-0.25, -0.2) is 9.50 Å². The van der Waals surface area contributed by atoms with E-state index in [4.69, 9.17) is 9.47 Å². The van der Waals surface area contributed by atoms with E-state index in [-0.39, 0.29) is 23.6 Å². The number of thiophene rings is 1. The van der Waals surface area contributed by atoms with Gasteiger partial charge in [0.05, 0.1) is 24.8 Å². The largest absolute Gasteiger partial charge is 0.493 e. The van der Waals surface area contributed by atoms with Crippen molar-refractivity contribution in [1.29, 1.82) is 0 Å². The number of fused-ring (bicyclic) bond motifs is 1. The Morgan fingerprint density at radius 3 is 2.58 bits per heavy atom. The first-order chi connectivity index (χ1) is 15.8. The van der Waals surface area contributed by atoms with Crippen LogP contribution in [-0.2, 0) is 12.6 Å². The average Bonchev–Trinajstić information content (AvgIpc) is 3.47. The number of methoxy groups -OCH3 is 2. The topological polar surface area (TPSA) is 77.8 Å². The van der Waals surface area contributed by atoms with Gasteiger partial charge in [0.2, 0.25) is 0 Å². The van der Waals surface area contributed by atoms with Crippen LogP contribution in [-0.4, -0.2) is 41.3 Å². The second-order valence-electron chi connectivity index (χ2n) is 7.00. The molecule has 0 aliphatic carbocycles. The molecule has 0 bridgehead atoms. The molecule has 0 aliphatic rings. The van der Waals surface area contributed by atoms with Crippen LogP contribution in [0.3, 0.4) is 0 Å². The minimum absolute atomic E-state index is 0.0572. The fourth-order valence-corrected chi connectivity index (χ4v) is 3.97. The molecule has 3 aromatic heterocycles. The molecule has 172 valence electrons. The minimum atomic E-state index is -4.67. The van der Waals surface area contributed by atoms with Gasteiger partial charge in [-0.15, -0.1) is 11.3 Å². The minimum Gasteiger partial charge on any atom is -0.493 e. The van der Waals surface area contributed by atoms with E-state index in [0.29, 0.717) is 27.3 Å². The third kappa shape index (κ3) is 4.77. The van der Waals surface area contributed by atoms with Crippen molar-refractivity contribution in [2.75, 3.05) is 20.8 Å². The lowest BCUT2D eigenvalue weighted by Crippen LogP contribution is -2.26. The van der Waals surface area contributed by atoms with Crippen molar-refractivity contribution in [3.8, 4) is 22.1 Å². The molecule has 0 spiro atoms. The number of carbonyl (C=O) groups excluding carboxylic acids is 1. The summed E-state index contributed by atoms with van der Waals surface area (Å²) < 4.78 is 52.1. The van der Waals surface area contributed by atoms with Gasteiger partial charge in [-0.3, -0.25) is 4.79 Å². The number of amides is 1. The Balaban J connectivity index is 1.54. The van der Waals surface area contributed by atoms with E-state index in [1.807, 2.05) is 6.07 Å². The van der Waals surface area contributed by atoms with E-state index in [0.717, 1.165) is 11.6 Å². The van der Waals surface area contributed by atoms with Gasteiger partial charge in [0.15, 0.2) is 28.5 Å². The standard InChI is InChI=1S/C22H19F3N4O3S/c1-31-16-6-5-13(10-17(16)32-2)7-8-26-21(30)15-12-20-27-14(18-4-3-9-33-18)11-19(22(23,24)25)29(20)28-15/h3-6,9-12H,7-8H2,1-2H3,(H,26,30). The molecular weight excluding hydrogens is 457 g/mol. The lowest BCUT2D eigenvalue weighted by Gasteiger charge is -2.10. The third-order valence-electron chi connectivity index (χ3n) is 4.87. The van der Waals surface area contributed by atoms with Gasteiger partial charge in [-0.2, -0.15) is 18.3 Å². The van der Waals surface area contributed by atoms with Gasteiger partial charge in [0, 0.05) is 12.6 Å². The SMILES string of the molecule is COc1ccc(CCNC(=O)c2cc3nc(-c4cccs4)cc(C(F)(F)F)n3n2)cc1OC. The van der Waals surface area contributed by atoms with Crippen LogP contribution < -0.4 is 14.8 Å². The molecule has 0 saturated carbocycles. The summed E-state index contributed by atoms with van der Waals surface area (Å²) in [7, 11) is 3.06. The number of alkyl halides is 3. The molecule has 33 heavy (non-hydrogen) atoms. The Morgan fingerprint density at radius 1 is 1.12 bits per heavy atom. The van der Waals surface area contributed by atoms with Gasteiger partial charge >= 0.3 is 6.18 Å². The van der Waals surface area contributed by atoms with Crippen LogP contribution in [0.15, 0.2) is 47.8 Å². The zero-order chi connectivity index (χ0) is 23.6. The summed E-state index contributed by atoms with van der Waals surface area (Å²) in [6.45, 7) is 0.252. The van der Waals surface area contributed by atoms with Crippen LogP contribution >= 0.6 is 11.3 Å². The van der Waals surface area contributed by atoms with Crippen LogP contribution in [0.1, 0.15) is 21.7 Å². The molecule has 7 nitrogen and oxygen atoms in total. The highest BCUT2D eigenvalue weighted by molar-refractivity contribution is 7.13. The second kappa shape index (κ2) is 9.10. The number of hydrogen-bond donors (Lipinski definition) is 1. The van der Waals surface area contributed by atoms with E-state index < -0.39 is 17.8 Å². The molecule has 0 fully saturated rings. The number of rotatable bonds is 7. The number of carbonyl (C=O) groups is 1. The number of halogens is 3. The van der Waals surface area contributed by atoms with E-state index in [1.54, 1.807) is 29.6 Å². The molecule has 4 aromatic rings. The Morgan fingerprint density at radius 2 is 1.91 bits per heavy atom. The number of hydrogen-bond acceptors (Lipinski definition) is 6. The van der Waals surface area contributed by atoms with Gasteiger partial charge in [0.1, 0.15) is 0 Å². The highest BCUT2D eigenvalue weighted by Crippen LogP contribution is 2.33. The quantitative estimate of drug-likeness (QED) is 0.426. The van der Waals surface area contributed by atoms with E-state index in [1.165, 1.54) is 31.6 Å². The molecule has 0 aliphatic heterocycles. The predicted octanol–water partition coefficient (Wildman–Crippen LogP) is 4.47. The van der Waals surface area contributed by atoms with Gasteiger partial charge in [-0.05, 0) is 41.6 Å². The van der Waals surface area contributed by atoms with Crippen molar-refractivity contribution in [2.45, 2.75) is 12.6 Å². The summed E-state index contributed by atoms with van der Waals surface area (Å²) in [4.78, 5) is 17.4. The average molecular weight is 476 g/mol. The number of ether oxygens (including phenoxy) is 2. The molecule has 4 rings (SSSR count). The number of aromatic nitrogens is 3. The van der Waals surface area contributed by atoms with Crippen LogP contribution in [0.2, 0.25) is 0 Å². The third-order valence-corrected chi connectivity index (χ3v) is 5.76. The summed E-state index contributed by atoms with van der Waals surface area (Å²) in [5.74, 6) is 0.561. The zero-order valence-corrected chi connectivity index (χ0v) is 18.5. The lowest BCUT2D eigenvalue weighted by atomic mass is 10.1. The predicted molar refractivity (Wildman–Crippen MR) is 117 cm³/mol. The van der Waals surface area contributed by atoms with Crippen molar-refractivity contribution in [2.24, 2.45) is 0 Å². The Labute approximate surface area is 190 Å². The van der Waals surface area contributed by atoms with Crippen molar-refractivity contribution in [3.05, 3.63) is 64.8 Å². The summed E-state index contributed by atoms with van der Waals surface area (Å²) >= 11 is 1.28. The summed E-state index contributed by atoms with van der Waals surface area (Å²) in [5, 5.41) is 8.30. The molecule has 0 radical (unpaired) electrons. The molecule has 1 aromatic carbocycles. The van der Waals surface area contributed by atoms with Gasteiger partial charge in [0.25, 0.3) is 5.91 Å². The highest BCUT2D eigenvalue weighted by Gasteiger charge is 2.35. The van der Waals surface area contributed by atoms with Crippen molar-refractivity contribution >= 4 is 22.9 Å². The zero-order valence-electron chi connectivity index (χ0n) is 17.6. The monoisotopic (exact) mass is 476 g/mol. The lowest BCUT2D eigenvalue weighted by molar-refractivity contribution is -0.142. The Bertz CT molecular complexity index is 1290. The molecule has 1 N–H and O–H groups in total. The number of nitrogens with zero attached hydrogens (tertiary/aromatic N) is 3. The van der Waals surface area contributed by atoms with Crippen molar-refractivity contribution in [3.63, 3.8) is 0 Å². The highest BCUT2D eigenvalue weighted by atomic mass is 32.1. The first-order valence-corrected chi connectivity index (χ1v) is 10.7. The fraction of sp³-hybridized carbons (Fsp3) is 0.227. The molecule has 1 amide bonds. The smallest absolute Gasteiger partial charge is 0.433 e. The molecule has 11 heteroatoms. The van der Waals surface area contributed by atoms with Crippen LogP contribution in [0, 0.1) is 0 Å². The van der Waals surface area contributed by atoms with E-state index in [2.05, 4.69) is 15.4 Å². The van der Waals surface area contributed by atoms with Crippen molar-refractivity contribution in [1.82, 2.24) is 19.9 Å². The summed E-state index contributed by atoms with van der Waals surface area (Å²) in [6, 6.07) is 11.0. The second-order valence-corrected chi connectivity index (χ2v) is 7.94. The normalized spacial score (nSPS) is 11.5. The number of benzene rings is 1. The Kier molecular flexibility index (Phi) is 6.23. The summed E-state index contributed by atoms with van der Waals surface area (Å²) in [6.07, 6.45) is -4.19. The fourth-order valence-electron chi connectivity index (χ4n) is 3.28. The van der Waals surface area contributed by atoms with E-state index in [9.17, 15) is 18.0 Å². The first kappa shape index (κ1) is 22.6. The van der Waals surface area contributed by atoms with Crippen molar-refractivity contribution < 1.29 is 27.4 Å². The molecule has 0 saturated heterocycles. The summed E-state index contributed by atoms with van der Waals surface area (Å²) in [5.41, 5.74) is -0.142. The molecular formula is C22H19F3N4O3S. The molecule has 3 heterocycles. The molecule has 0 atom stereocenters. The maximum Gasteiger partial charge on any atom is 0.433 e. The van der Waals surface area contributed by atoms with Crippen LogP contribution in [0.25, 0.3) is 16.2 Å².